The zero-order valence-corrected chi connectivity index (χ0v) is 25.7. The molecule has 7 nitrogen and oxygen atoms in total. The summed E-state index contributed by atoms with van der Waals surface area (Å²) in [6.07, 6.45) is 1.49. The van der Waals surface area contributed by atoms with Crippen molar-refractivity contribution in [2.45, 2.75) is 44.1 Å². The predicted octanol–water partition coefficient (Wildman–Crippen LogP) is 6.88. The lowest BCUT2D eigenvalue weighted by Gasteiger charge is -2.51. The van der Waals surface area contributed by atoms with Crippen LogP contribution in [0.15, 0.2) is 84.9 Å². The Labute approximate surface area is 260 Å². The lowest BCUT2D eigenvalue weighted by molar-refractivity contribution is -0.985. The molecule has 11 heteroatoms. The Morgan fingerprint density at radius 1 is 0.822 bits per heavy atom. The summed E-state index contributed by atoms with van der Waals surface area (Å²) >= 11 is 0. The van der Waals surface area contributed by atoms with Crippen LogP contribution < -0.4 is 18.4 Å². The van der Waals surface area contributed by atoms with Gasteiger partial charge < -0.3 is 22.9 Å². The summed E-state index contributed by atoms with van der Waals surface area (Å²) in [6, 6.07) is 26.1. The number of halogens is 3. The van der Waals surface area contributed by atoms with E-state index in [1.807, 2.05) is 48.5 Å². The number of quaternary nitrogens is 1. The zero-order valence-electron chi connectivity index (χ0n) is 24.8. The summed E-state index contributed by atoms with van der Waals surface area (Å²) < 4.78 is 84.3. The second kappa shape index (κ2) is 11.9. The van der Waals surface area contributed by atoms with Crippen molar-refractivity contribution in [2.75, 3.05) is 20.8 Å². The summed E-state index contributed by atoms with van der Waals surface area (Å²) in [5.74, 6) is 1.76. The maximum Gasteiger partial charge on any atom is 0.534 e. The van der Waals surface area contributed by atoms with E-state index < -0.39 is 21.4 Å². The predicted molar refractivity (Wildman–Crippen MR) is 161 cm³/mol. The van der Waals surface area contributed by atoms with E-state index in [0.717, 1.165) is 41.0 Å². The number of methoxy groups -OCH3 is 2. The van der Waals surface area contributed by atoms with E-state index in [2.05, 4.69) is 16.3 Å². The Hall–Kier alpha value is -4.22. The highest BCUT2D eigenvalue weighted by Gasteiger charge is 2.49. The van der Waals surface area contributed by atoms with Crippen LogP contribution in [0.4, 0.5) is 13.2 Å². The Kier molecular flexibility index (Phi) is 8.17. The number of nitrogens with zero attached hydrogens (tertiary/aromatic N) is 1. The van der Waals surface area contributed by atoms with Crippen molar-refractivity contribution in [3.63, 3.8) is 0 Å². The van der Waals surface area contributed by atoms with Gasteiger partial charge in [-0.15, -0.1) is 0 Å². The molecule has 0 radical (unpaired) electrons. The Morgan fingerprint density at radius 3 is 2.22 bits per heavy atom. The third kappa shape index (κ3) is 6.06. The molecule has 4 aromatic carbocycles. The zero-order chi connectivity index (χ0) is 31.8. The first kappa shape index (κ1) is 30.8. The maximum absolute atomic E-state index is 12.9. The first-order chi connectivity index (χ1) is 21.5. The molecule has 0 saturated carbocycles. The number of fused-ring (bicyclic) bond motifs is 4. The molecular formula is C34H33F3NO6S+. The van der Waals surface area contributed by atoms with Gasteiger partial charge >= 0.3 is 15.6 Å². The summed E-state index contributed by atoms with van der Waals surface area (Å²) in [4.78, 5) is 0. The van der Waals surface area contributed by atoms with Gasteiger partial charge in [-0.2, -0.15) is 21.6 Å². The molecule has 4 aromatic rings. The molecule has 45 heavy (non-hydrogen) atoms. The second-order valence-electron chi connectivity index (χ2n) is 11.4. The van der Waals surface area contributed by atoms with Gasteiger partial charge in [-0.1, -0.05) is 42.5 Å². The minimum absolute atomic E-state index is 0.0177. The molecular weight excluding hydrogens is 607 g/mol. The fraction of sp³-hybridized carbons (Fsp3) is 0.294. The van der Waals surface area contributed by atoms with Crippen LogP contribution in [0.1, 0.15) is 39.4 Å². The molecule has 0 bridgehead atoms. The highest BCUT2D eigenvalue weighted by molar-refractivity contribution is 7.88. The van der Waals surface area contributed by atoms with E-state index in [-0.39, 0.29) is 6.04 Å². The van der Waals surface area contributed by atoms with Crippen molar-refractivity contribution >= 4 is 10.1 Å². The van der Waals surface area contributed by atoms with Crippen molar-refractivity contribution in [3.05, 3.63) is 118 Å². The second-order valence-corrected chi connectivity index (χ2v) is 13.0. The van der Waals surface area contributed by atoms with E-state index in [9.17, 15) is 21.6 Å². The molecule has 0 N–H and O–H groups in total. The molecule has 6 rings (SSSR count). The molecule has 0 aliphatic carbocycles. The lowest BCUT2D eigenvalue weighted by Crippen LogP contribution is -2.55. The van der Waals surface area contributed by atoms with Crippen LogP contribution in [0.5, 0.6) is 23.0 Å². The van der Waals surface area contributed by atoms with Gasteiger partial charge in [0.05, 0.1) is 20.8 Å². The highest BCUT2D eigenvalue weighted by atomic mass is 32.2. The number of rotatable bonds is 9. The van der Waals surface area contributed by atoms with Crippen LogP contribution in [0.2, 0.25) is 0 Å². The number of hydrogen-bond donors (Lipinski definition) is 0. The summed E-state index contributed by atoms with van der Waals surface area (Å²) in [6.45, 7) is 2.53. The quantitative estimate of drug-likeness (QED) is 0.113. The lowest BCUT2D eigenvalue weighted by atomic mass is 9.80. The van der Waals surface area contributed by atoms with Crippen molar-refractivity contribution in [1.82, 2.24) is 0 Å². The first-order valence-corrected chi connectivity index (χ1v) is 15.9. The van der Waals surface area contributed by atoms with Crippen LogP contribution in [-0.2, 0) is 42.7 Å². The van der Waals surface area contributed by atoms with Gasteiger partial charge in [0.2, 0.25) is 0 Å². The third-order valence-corrected chi connectivity index (χ3v) is 9.73. The number of benzene rings is 4. The molecule has 0 spiro atoms. The first-order valence-electron chi connectivity index (χ1n) is 14.5. The topological polar surface area (TPSA) is 71.1 Å². The van der Waals surface area contributed by atoms with Crippen LogP contribution in [0, 0.1) is 0 Å². The van der Waals surface area contributed by atoms with Gasteiger partial charge in [-0.25, -0.2) is 0 Å². The maximum atomic E-state index is 12.9. The minimum atomic E-state index is -5.76. The van der Waals surface area contributed by atoms with Crippen molar-refractivity contribution < 1.29 is 44.5 Å². The van der Waals surface area contributed by atoms with E-state index >= 15 is 0 Å². The molecule has 2 aliphatic heterocycles. The molecule has 0 saturated heterocycles. The average molecular weight is 641 g/mol. The average Bonchev–Trinajstić information content (AvgIpc) is 3.03. The van der Waals surface area contributed by atoms with E-state index in [1.165, 1.54) is 23.3 Å². The fourth-order valence-corrected chi connectivity index (χ4v) is 7.04. The molecule has 0 fully saturated rings. The van der Waals surface area contributed by atoms with Gasteiger partial charge in [0.1, 0.15) is 37.2 Å². The van der Waals surface area contributed by atoms with Gasteiger partial charge in [-0.05, 0) is 53.6 Å². The molecule has 0 unspecified atom stereocenters. The Balaban J connectivity index is 1.36. The monoisotopic (exact) mass is 640 g/mol. The summed E-state index contributed by atoms with van der Waals surface area (Å²) in [7, 11) is -2.52. The summed E-state index contributed by atoms with van der Waals surface area (Å²) in [5.41, 5.74) is 1.07. The smallest absolute Gasteiger partial charge is 0.493 e. The number of alkyl halides is 3. The Morgan fingerprint density at radius 2 is 1.53 bits per heavy atom. The van der Waals surface area contributed by atoms with Crippen molar-refractivity contribution in [2.24, 2.45) is 0 Å². The molecule has 0 aromatic heterocycles. The van der Waals surface area contributed by atoms with Crippen molar-refractivity contribution in [1.29, 1.82) is 0 Å². The highest BCUT2D eigenvalue weighted by Crippen LogP contribution is 2.49. The molecule has 2 heterocycles. The number of hydrogen-bond acceptors (Lipinski definition) is 6. The standard InChI is InChI=1S/C34H33F3NO6S/c1-41-32-17-25-15-16-38(20-23-11-13-27(14-12-23)44-45(39,40)34(35,36)37)21-26-9-6-10-31(43-22-24-7-4-3-5-8-24)29(26)18-30(38)28(25)19-33(32)42-2/h3-14,17,19,30H,15-16,18,20-22H2,1-2H3/q+1/t30-,38-/m1/s1. The SMILES string of the molecule is COc1cc2c(cc1OC)[C@H]1Cc3c(cccc3OCc3ccccc3)C[N@+]1(Cc1ccc(OS(=O)(=O)C(F)(F)F)cc1)CC2. The van der Waals surface area contributed by atoms with Crippen LogP contribution in [0.3, 0.4) is 0 Å². The molecule has 2 atom stereocenters. The third-order valence-electron chi connectivity index (χ3n) is 8.75. The van der Waals surface area contributed by atoms with Gasteiger partial charge in [0.25, 0.3) is 0 Å². The molecule has 0 amide bonds. The Bertz CT molecular complexity index is 1800. The normalized spacial score (nSPS) is 19.1. The van der Waals surface area contributed by atoms with Gasteiger partial charge in [0, 0.05) is 35.1 Å². The van der Waals surface area contributed by atoms with Gasteiger partial charge in [0.15, 0.2) is 11.5 Å². The van der Waals surface area contributed by atoms with E-state index in [1.54, 1.807) is 26.4 Å². The van der Waals surface area contributed by atoms with E-state index in [4.69, 9.17) is 14.2 Å². The van der Waals surface area contributed by atoms with Crippen LogP contribution >= 0.6 is 0 Å². The number of ether oxygens (including phenoxy) is 3. The minimum Gasteiger partial charge on any atom is -0.493 e. The molecule has 2 aliphatic rings. The summed E-state index contributed by atoms with van der Waals surface area (Å²) in [5, 5.41) is 0. The fourth-order valence-electron chi connectivity index (χ4n) is 6.58. The van der Waals surface area contributed by atoms with Crippen LogP contribution in [0.25, 0.3) is 0 Å². The van der Waals surface area contributed by atoms with Crippen molar-refractivity contribution in [3.8, 4) is 23.0 Å². The largest absolute Gasteiger partial charge is 0.534 e. The van der Waals surface area contributed by atoms with Gasteiger partial charge in [-0.3, -0.25) is 0 Å². The molecule has 236 valence electrons. The van der Waals surface area contributed by atoms with Crippen LogP contribution in [-0.4, -0.2) is 39.2 Å². The van der Waals surface area contributed by atoms with E-state index in [0.29, 0.717) is 42.1 Å².